The Morgan fingerprint density at radius 1 is 1.41 bits per heavy atom. The van der Waals surface area contributed by atoms with Crippen LogP contribution in [0.3, 0.4) is 0 Å². The van der Waals surface area contributed by atoms with Gasteiger partial charge in [0.25, 0.3) is 5.91 Å². The van der Waals surface area contributed by atoms with Crippen LogP contribution in [0, 0.1) is 0 Å². The molecule has 1 aromatic heterocycles. The predicted molar refractivity (Wildman–Crippen MR) is 91.7 cm³/mol. The number of amides is 1. The van der Waals surface area contributed by atoms with E-state index in [1.54, 1.807) is 29.1 Å². The third-order valence-electron chi connectivity index (χ3n) is 3.06. The Morgan fingerprint density at radius 2 is 2.14 bits per heavy atom. The van der Waals surface area contributed by atoms with E-state index in [1.165, 1.54) is 6.20 Å². The van der Waals surface area contributed by atoms with Crippen LogP contribution in [0.1, 0.15) is 17.3 Å². The van der Waals surface area contributed by atoms with Gasteiger partial charge in [-0.3, -0.25) is 4.79 Å². The molecule has 5 nitrogen and oxygen atoms in total. The molecule has 1 atom stereocenters. The molecule has 0 spiro atoms. The number of benzene rings is 1. The summed E-state index contributed by atoms with van der Waals surface area (Å²) in [4.78, 5) is 12.0. The van der Waals surface area contributed by atoms with Crippen LogP contribution in [0.15, 0.2) is 30.6 Å². The zero-order chi connectivity index (χ0) is 15.4. The van der Waals surface area contributed by atoms with Crippen molar-refractivity contribution >= 4 is 41.5 Å². The Labute approximate surface area is 145 Å². The third-order valence-corrected chi connectivity index (χ3v) is 3.60. The molecule has 0 aliphatic rings. The third kappa shape index (κ3) is 4.61. The maximum Gasteiger partial charge on any atom is 0.254 e. The molecule has 8 heteroatoms. The highest BCUT2D eigenvalue weighted by Crippen LogP contribution is 2.24. The Hall–Kier alpha value is -1.27. The first-order chi connectivity index (χ1) is 10.0. The van der Waals surface area contributed by atoms with Crippen molar-refractivity contribution in [3.8, 4) is 5.69 Å². The van der Waals surface area contributed by atoms with Gasteiger partial charge in [-0.15, -0.1) is 12.4 Å². The van der Waals surface area contributed by atoms with Gasteiger partial charge in [0.1, 0.15) is 0 Å². The summed E-state index contributed by atoms with van der Waals surface area (Å²) >= 11 is 12.0. The van der Waals surface area contributed by atoms with Gasteiger partial charge in [0.15, 0.2) is 0 Å². The Kier molecular flexibility index (Phi) is 7.16. The quantitative estimate of drug-likeness (QED) is 0.858. The number of nitrogens with zero attached hydrogens (tertiary/aromatic N) is 2. The second kappa shape index (κ2) is 8.39. The van der Waals surface area contributed by atoms with Gasteiger partial charge >= 0.3 is 0 Å². The average Bonchev–Trinajstić information content (AvgIpc) is 2.93. The minimum absolute atomic E-state index is 0. The molecule has 0 saturated carbocycles. The first-order valence-corrected chi connectivity index (χ1v) is 7.22. The number of rotatable bonds is 5. The van der Waals surface area contributed by atoms with Crippen LogP contribution in [-0.4, -0.2) is 35.3 Å². The molecule has 2 aromatic rings. The fourth-order valence-electron chi connectivity index (χ4n) is 1.69. The van der Waals surface area contributed by atoms with Gasteiger partial charge in [-0.05, 0) is 32.2 Å². The van der Waals surface area contributed by atoms with Crippen molar-refractivity contribution in [3.05, 3.63) is 46.2 Å². The van der Waals surface area contributed by atoms with Crippen LogP contribution in [0.2, 0.25) is 10.0 Å². The predicted octanol–water partition coefficient (Wildman–Crippen LogP) is 2.94. The summed E-state index contributed by atoms with van der Waals surface area (Å²) in [5.74, 6) is -0.173. The van der Waals surface area contributed by atoms with Crippen LogP contribution in [-0.2, 0) is 0 Å². The molecule has 2 rings (SSSR count). The number of carbonyl (C=O) groups is 1. The van der Waals surface area contributed by atoms with E-state index in [9.17, 15) is 4.79 Å². The largest absolute Gasteiger partial charge is 0.350 e. The number of carbonyl (C=O) groups excluding carboxylic acids is 1. The minimum Gasteiger partial charge on any atom is -0.350 e. The molecular formula is C14H17Cl3N4O. The standard InChI is InChI=1S/C14H16Cl2N4O.ClH/c1-9(17-2)6-18-14(21)10-7-19-20(8-10)13-4-3-11(15)5-12(13)16;/h3-5,7-9,17H,6H2,1-2H3,(H,18,21);1H. The maximum atomic E-state index is 12.0. The van der Waals surface area contributed by atoms with Gasteiger partial charge < -0.3 is 10.6 Å². The fourth-order valence-corrected chi connectivity index (χ4v) is 2.18. The van der Waals surface area contributed by atoms with Gasteiger partial charge in [-0.2, -0.15) is 5.10 Å². The molecule has 0 fully saturated rings. The number of halogens is 3. The molecule has 0 aliphatic heterocycles. The normalized spacial score (nSPS) is 11.6. The van der Waals surface area contributed by atoms with E-state index in [1.807, 2.05) is 14.0 Å². The van der Waals surface area contributed by atoms with Crippen LogP contribution in [0.5, 0.6) is 0 Å². The lowest BCUT2D eigenvalue weighted by Crippen LogP contribution is -2.37. The Bertz CT molecular complexity index is 645. The van der Waals surface area contributed by atoms with Crippen molar-refractivity contribution < 1.29 is 4.79 Å². The molecule has 0 aliphatic carbocycles. The van der Waals surface area contributed by atoms with E-state index in [0.29, 0.717) is 27.8 Å². The van der Waals surface area contributed by atoms with Gasteiger partial charge in [0.2, 0.25) is 0 Å². The highest BCUT2D eigenvalue weighted by Gasteiger charge is 2.11. The molecule has 1 heterocycles. The summed E-state index contributed by atoms with van der Waals surface area (Å²) in [7, 11) is 1.84. The molecule has 1 aromatic carbocycles. The van der Waals surface area contributed by atoms with Gasteiger partial charge in [0.05, 0.1) is 22.5 Å². The summed E-state index contributed by atoms with van der Waals surface area (Å²) in [5.41, 5.74) is 1.15. The van der Waals surface area contributed by atoms with Crippen molar-refractivity contribution in [3.63, 3.8) is 0 Å². The van der Waals surface area contributed by atoms with Crippen LogP contribution >= 0.6 is 35.6 Å². The monoisotopic (exact) mass is 362 g/mol. The maximum absolute atomic E-state index is 12.0. The van der Waals surface area contributed by atoms with Crippen molar-refractivity contribution in [2.24, 2.45) is 0 Å². The molecule has 22 heavy (non-hydrogen) atoms. The van der Waals surface area contributed by atoms with E-state index < -0.39 is 0 Å². The summed E-state index contributed by atoms with van der Waals surface area (Å²) in [5, 5.41) is 11.1. The lowest BCUT2D eigenvalue weighted by atomic mass is 10.3. The summed E-state index contributed by atoms with van der Waals surface area (Å²) in [6.07, 6.45) is 3.14. The van der Waals surface area contributed by atoms with E-state index in [-0.39, 0.29) is 24.4 Å². The lowest BCUT2D eigenvalue weighted by Gasteiger charge is -2.10. The summed E-state index contributed by atoms with van der Waals surface area (Å²) < 4.78 is 1.55. The number of likely N-dealkylation sites (N-methyl/N-ethyl adjacent to an activating group) is 1. The van der Waals surface area contributed by atoms with E-state index in [2.05, 4.69) is 15.7 Å². The number of nitrogens with one attached hydrogen (secondary N) is 2. The van der Waals surface area contributed by atoms with Crippen molar-refractivity contribution in [2.45, 2.75) is 13.0 Å². The van der Waals surface area contributed by atoms with E-state index in [0.717, 1.165) is 0 Å². The van der Waals surface area contributed by atoms with E-state index >= 15 is 0 Å². The first-order valence-electron chi connectivity index (χ1n) is 6.47. The highest BCUT2D eigenvalue weighted by molar-refractivity contribution is 6.35. The zero-order valence-electron chi connectivity index (χ0n) is 12.1. The van der Waals surface area contributed by atoms with Gasteiger partial charge in [0, 0.05) is 23.8 Å². The first kappa shape index (κ1) is 18.8. The van der Waals surface area contributed by atoms with Gasteiger partial charge in [-0.1, -0.05) is 23.2 Å². The summed E-state index contributed by atoms with van der Waals surface area (Å²) in [6, 6.07) is 5.31. The van der Waals surface area contributed by atoms with Crippen LogP contribution in [0.4, 0.5) is 0 Å². The van der Waals surface area contributed by atoms with Crippen molar-refractivity contribution in [1.29, 1.82) is 0 Å². The van der Waals surface area contributed by atoms with Crippen LogP contribution in [0.25, 0.3) is 5.69 Å². The highest BCUT2D eigenvalue weighted by atomic mass is 35.5. The summed E-state index contributed by atoms with van der Waals surface area (Å²) in [6.45, 7) is 2.53. The smallest absolute Gasteiger partial charge is 0.254 e. The Morgan fingerprint density at radius 3 is 2.77 bits per heavy atom. The average molecular weight is 364 g/mol. The van der Waals surface area contributed by atoms with Crippen molar-refractivity contribution in [2.75, 3.05) is 13.6 Å². The fraction of sp³-hybridized carbons (Fsp3) is 0.286. The van der Waals surface area contributed by atoms with Crippen molar-refractivity contribution in [1.82, 2.24) is 20.4 Å². The topological polar surface area (TPSA) is 58.9 Å². The van der Waals surface area contributed by atoms with E-state index in [4.69, 9.17) is 23.2 Å². The Balaban J connectivity index is 0.00000242. The number of aromatic nitrogens is 2. The molecule has 0 bridgehead atoms. The second-order valence-electron chi connectivity index (χ2n) is 4.67. The molecule has 1 unspecified atom stereocenters. The molecule has 120 valence electrons. The van der Waals surface area contributed by atoms with Gasteiger partial charge in [-0.25, -0.2) is 4.68 Å². The molecule has 1 amide bonds. The molecular weight excluding hydrogens is 347 g/mol. The van der Waals surface area contributed by atoms with Crippen LogP contribution < -0.4 is 10.6 Å². The molecule has 2 N–H and O–H groups in total. The number of hydrogen-bond acceptors (Lipinski definition) is 3. The second-order valence-corrected chi connectivity index (χ2v) is 5.51. The lowest BCUT2D eigenvalue weighted by molar-refractivity contribution is 0.0950. The SMILES string of the molecule is CNC(C)CNC(=O)c1cnn(-c2ccc(Cl)cc2Cl)c1.Cl. The molecule has 0 radical (unpaired) electrons. The molecule has 0 saturated heterocycles. The zero-order valence-corrected chi connectivity index (χ0v) is 14.5. The number of hydrogen-bond donors (Lipinski definition) is 2. The minimum atomic E-state index is -0.173.